The molecule has 1 fully saturated rings. The monoisotopic (exact) mass is 449 g/mol. The van der Waals surface area contributed by atoms with Crippen LogP contribution < -0.4 is 4.74 Å². The summed E-state index contributed by atoms with van der Waals surface area (Å²) in [5.41, 5.74) is 1.37. The van der Waals surface area contributed by atoms with Crippen LogP contribution >= 0.6 is 0 Å². The van der Waals surface area contributed by atoms with Crippen molar-refractivity contribution < 1.29 is 17.9 Å². The van der Waals surface area contributed by atoms with Gasteiger partial charge in [0.15, 0.2) is 0 Å². The first kappa shape index (κ1) is 21.8. The van der Waals surface area contributed by atoms with Crippen LogP contribution in [0.25, 0.3) is 10.8 Å². The molecule has 0 bridgehead atoms. The molecule has 0 aliphatic carbocycles. The highest BCUT2D eigenvalue weighted by Gasteiger charge is 2.39. The number of amides is 1. The van der Waals surface area contributed by atoms with Crippen molar-refractivity contribution >= 4 is 26.7 Å². The summed E-state index contributed by atoms with van der Waals surface area (Å²) in [5.74, 6) is 0.464. The molecule has 8 heteroatoms. The largest absolute Gasteiger partial charge is 0.497 e. The molecule has 0 saturated carbocycles. The molecule has 0 radical (unpaired) electrons. The molecule has 0 spiro atoms. The number of methoxy groups -OCH3 is 1. The first-order valence-corrected chi connectivity index (χ1v) is 11.6. The average molecular weight is 450 g/mol. The second-order valence-electron chi connectivity index (χ2n) is 7.77. The molecule has 1 heterocycles. The second-order valence-corrected chi connectivity index (χ2v) is 9.77. The molecular weight excluding hydrogens is 426 g/mol. The summed E-state index contributed by atoms with van der Waals surface area (Å²) in [6.07, 6.45) is 0.414. The lowest BCUT2D eigenvalue weighted by Crippen LogP contribution is -2.42. The van der Waals surface area contributed by atoms with E-state index in [0.29, 0.717) is 30.8 Å². The summed E-state index contributed by atoms with van der Waals surface area (Å²) in [7, 11) is -0.823. The number of carbonyl (C=O) groups is 1. The minimum Gasteiger partial charge on any atom is -0.497 e. The maximum absolute atomic E-state index is 13.3. The number of hydrogen-bond donors (Lipinski definition) is 0. The van der Waals surface area contributed by atoms with Crippen LogP contribution in [-0.2, 0) is 21.4 Å². The van der Waals surface area contributed by atoms with Gasteiger partial charge in [0.05, 0.1) is 23.6 Å². The summed E-state index contributed by atoms with van der Waals surface area (Å²) in [4.78, 5) is 14.8. The number of fused-ring (bicyclic) bond motifs is 1. The number of likely N-dealkylation sites (N-methyl/N-ethyl adjacent to an activating group) is 1. The third-order valence-corrected chi connectivity index (χ3v) is 7.70. The van der Waals surface area contributed by atoms with Crippen molar-refractivity contribution in [2.24, 2.45) is 0 Å². The molecule has 0 N–H and O–H groups in total. The Hall–Kier alpha value is -3.41. The van der Waals surface area contributed by atoms with Gasteiger partial charge in [-0.25, -0.2) is 8.42 Å². The van der Waals surface area contributed by atoms with Gasteiger partial charge in [-0.2, -0.15) is 9.57 Å². The lowest BCUT2D eigenvalue weighted by atomic mass is 10.1. The molecule has 3 aromatic rings. The molecule has 3 aromatic carbocycles. The van der Waals surface area contributed by atoms with E-state index >= 15 is 0 Å². The number of nitriles is 1. The second kappa shape index (κ2) is 8.61. The molecule has 164 valence electrons. The summed E-state index contributed by atoms with van der Waals surface area (Å²) >= 11 is 0. The number of benzene rings is 3. The van der Waals surface area contributed by atoms with Crippen LogP contribution in [0.5, 0.6) is 5.75 Å². The van der Waals surface area contributed by atoms with E-state index in [1.807, 2.05) is 18.2 Å². The number of hydrogen-bond acceptors (Lipinski definition) is 5. The van der Waals surface area contributed by atoms with E-state index in [1.165, 1.54) is 11.4 Å². The van der Waals surface area contributed by atoms with E-state index in [2.05, 4.69) is 6.07 Å². The molecule has 4 rings (SSSR count). The topological polar surface area (TPSA) is 90.7 Å². The Balaban J connectivity index is 1.54. The summed E-state index contributed by atoms with van der Waals surface area (Å²) in [6.45, 7) is 0.800. The predicted molar refractivity (Wildman–Crippen MR) is 120 cm³/mol. The molecule has 0 unspecified atom stereocenters. The SMILES string of the molecule is COc1ccc2cc(S(=O)(=O)N(C)[C@H]3CCN(Cc4cccc(C#N)c4)C3=O)ccc2c1. The fourth-order valence-corrected chi connectivity index (χ4v) is 5.38. The number of rotatable bonds is 6. The lowest BCUT2D eigenvalue weighted by Gasteiger charge is -2.24. The van der Waals surface area contributed by atoms with Gasteiger partial charge in [-0.1, -0.05) is 24.3 Å². The van der Waals surface area contributed by atoms with E-state index in [4.69, 9.17) is 10.00 Å². The van der Waals surface area contributed by atoms with E-state index in [1.54, 1.807) is 54.5 Å². The molecular formula is C24H23N3O4S. The Morgan fingerprint density at radius 1 is 1.12 bits per heavy atom. The highest BCUT2D eigenvalue weighted by atomic mass is 32.2. The van der Waals surface area contributed by atoms with Crippen molar-refractivity contribution in [3.8, 4) is 11.8 Å². The molecule has 1 atom stereocenters. The quantitative estimate of drug-likeness (QED) is 0.577. The Kier molecular flexibility index (Phi) is 5.87. The van der Waals surface area contributed by atoms with Crippen LogP contribution in [0.1, 0.15) is 17.5 Å². The van der Waals surface area contributed by atoms with Gasteiger partial charge in [0.2, 0.25) is 15.9 Å². The van der Waals surface area contributed by atoms with Gasteiger partial charge >= 0.3 is 0 Å². The van der Waals surface area contributed by atoms with Crippen molar-refractivity contribution in [1.82, 2.24) is 9.21 Å². The zero-order chi connectivity index (χ0) is 22.9. The van der Waals surface area contributed by atoms with E-state index in [-0.39, 0.29) is 10.8 Å². The standard InChI is InChI=1S/C24H23N3O4S/c1-26(23-10-11-27(24(23)28)16-18-5-3-4-17(12-18)15-25)32(29,30)22-9-7-19-13-21(31-2)8-6-20(19)14-22/h3-9,12-14,23H,10-11,16H2,1-2H3/t23-/m0/s1. The van der Waals surface area contributed by atoms with E-state index in [0.717, 1.165) is 16.3 Å². The van der Waals surface area contributed by atoms with Gasteiger partial charge < -0.3 is 9.64 Å². The maximum Gasteiger partial charge on any atom is 0.243 e. The number of ether oxygens (including phenoxy) is 1. The Morgan fingerprint density at radius 2 is 1.88 bits per heavy atom. The predicted octanol–water partition coefficient (Wildman–Crippen LogP) is 3.14. The van der Waals surface area contributed by atoms with Crippen molar-refractivity contribution in [3.63, 3.8) is 0 Å². The van der Waals surface area contributed by atoms with E-state index < -0.39 is 16.1 Å². The first-order chi connectivity index (χ1) is 15.3. The molecule has 7 nitrogen and oxygen atoms in total. The minimum absolute atomic E-state index is 0.144. The molecule has 0 aromatic heterocycles. The van der Waals surface area contributed by atoms with Crippen LogP contribution in [0.2, 0.25) is 0 Å². The average Bonchev–Trinajstić information content (AvgIpc) is 3.17. The summed E-state index contributed by atoms with van der Waals surface area (Å²) in [5, 5.41) is 10.7. The minimum atomic E-state index is -3.86. The van der Waals surface area contributed by atoms with Gasteiger partial charge in [-0.3, -0.25) is 4.79 Å². The van der Waals surface area contributed by atoms with Gasteiger partial charge in [0.1, 0.15) is 11.8 Å². The molecule has 32 heavy (non-hydrogen) atoms. The third-order valence-electron chi connectivity index (χ3n) is 5.83. The summed E-state index contributed by atoms with van der Waals surface area (Å²) < 4.78 is 32.9. The normalized spacial score (nSPS) is 16.5. The van der Waals surface area contributed by atoms with Crippen molar-refractivity contribution in [2.45, 2.75) is 23.9 Å². The van der Waals surface area contributed by atoms with Gasteiger partial charge in [-0.15, -0.1) is 0 Å². The zero-order valence-corrected chi connectivity index (χ0v) is 18.7. The van der Waals surface area contributed by atoms with Gasteiger partial charge in [0, 0.05) is 20.1 Å². The fraction of sp³-hybridized carbons (Fsp3) is 0.250. The molecule has 1 saturated heterocycles. The van der Waals surface area contributed by atoms with E-state index in [9.17, 15) is 13.2 Å². The van der Waals surface area contributed by atoms with Gasteiger partial charge in [-0.05, 0) is 59.2 Å². The van der Waals surface area contributed by atoms with Crippen LogP contribution in [0.3, 0.4) is 0 Å². The van der Waals surface area contributed by atoms with Crippen molar-refractivity contribution in [3.05, 3.63) is 71.8 Å². The number of likely N-dealkylation sites (tertiary alicyclic amines) is 1. The third kappa shape index (κ3) is 4.05. The molecule has 1 aliphatic heterocycles. The first-order valence-electron chi connectivity index (χ1n) is 10.2. The number of nitrogens with zero attached hydrogens (tertiary/aromatic N) is 3. The fourth-order valence-electron chi connectivity index (χ4n) is 4.00. The molecule has 1 amide bonds. The summed E-state index contributed by atoms with van der Waals surface area (Å²) in [6, 6.07) is 18.7. The van der Waals surface area contributed by atoms with Crippen molar-refractivity contribution in [2.75, 3.05) is 20.7 Å². The highest BCUT2D eigenvalue weighted by Crippen LogP contribution is 2.28. The Morgan fingerprint density at radius 3 is 2.62 bits per heavy atom. The maximum atomic E-state index is 13.3. The smallest absolute Gasteiger partial charge is 0.243 e. The van der Waals surface area contributed by atoms with Crippen LogP contribution in [0.4, 0.5) is 0 Å². The highest BCUT2D eigenvalue weighted by molar-refractivity contribution is 7.89. The van der Waals surface area contributed by atoms with Crippen molar-refractivity contribution in [1.29, 1.82) is 5.26 Å². The van der Waals surface area contributed by atoms with Crippen LogP contribution in [0, 0.1) is 11.3 Å². The zero-order valence-electron chi connectivity index (χ0n) is 17.9. The Bertz CT molecular complexity index is 1330. The van der Waals surface area contributed by atoms with Crippen LogP contribution in [0.15, 0.2) is 65.6 Å². The van der Waals surface area contributed by atoms with Crippen LogP contribution in [-0.4, -0.2) is 50.3 Å². The lowest BCUT2D eigenvalue weighted by molar-refractivity contribution is -0.131. The van der Waals surface area contributed by atoms with Gasteiger partial charge in [0.25, 0.3) is 0 Å². The molecule has 1 aliphatic rings. The Labute approximate surface area is 187 Å². The number of carbonyl (C=O) groups excluding carboxylic acids is 1. The number of sulfonamides is 1.